The zero-order valence-corrected chi connectivity index (χ0v) is 14.3. The fraction of sp³-hybridized carbons (Fsp3) is 0.800. The number of hydrogen-bond acceptors (Lipinski definition) is 3. The Labute approximate surface area is 130 Å². The lowest BCUT2D eigenvalue weighted by Gasteiger charge is -2.42. The number of carbonyl (C=O) groups is 1. The summed E-state index contributed by atoms with van der Waals surface area (Å²) in [6, 6.07) is 0.0635. The zero-order valence-electron chi connectivity index (χ0n) is 13.4. The van der Waals surface area contributed by atoms with Crippen LogP contribution in [-0.4, -0.2) is 32.1 Å². The van der Waals surface area contributed by atoms with E-state index >= 15 is 0 Å². The molecule has 1 rings (SSSR count). The molecule has 0 aromatic rings. The molecule has 21 heavy (non-hydrogen) atoms. The van der Waals surface area contributed by atoms with Gasteiger partial charge in [0.1, 0.15) is 4.75 Å². The molecule has 0 heterocycles. The van der Waals surface area contributed by atoms with Gasteiger partial charge in [-0.05, 0) is 59.3 Å². The standard InChI is InChI=1S/C15H28N2O3S/c1-6-7-15(5,17-21(20)14(2,3)4)10-11-8-12(9-11)16-13(18)19/h6,11-12,16-17H,1,7-10H2,2-5H3,(H,18,19)/t11?,12?,15-,21?/m0/s1. The van der Waals surface area contributed by atoms with Crippen LogP contribution in [0, 0.1) is 5.92 Å². The van der Waals surface area contributed by atoms with Gasteiger partial charge in [-0.3, -0.25) is 0 Å². The molecule has 0 aromatic carbocycles. The van der Waals surface area contributed by atoms with Crippen molar-refractivity contribution in [3.63, 3.8) is 0 Å². The van der Waals surface area contributed by atoms with E-state index in [4.69, 9.17) is 5.11 Å². The molecule has 2 atom stereocenters. The summed E-state index contributed by atoms with van der Waals surface area (Å²) in [5.41, 5.74) is -0.265. The summed E-state index contributed by atoms with van der Waals surface area (Å²) >= 11 is -1.13. The average molecular weight is 316 g/mol. The Bertz CT molecular complexity index is 378. The summed E-state index contributed by atoms with van der Waals surface area (Å²) in [6.45, 7) is 11.7. The molecule has 0 radical (unpaired) electrons. The van der Waals surface area contributed by atoms with E-state index in [1.807, 2.05) is 26.8 Å². The quantitative estimate of drug-likeness (QED) is 0.498. The van der Waals surface area contributed by atoms with Crippen molar-refractivity contribution in [1.29, 1.82) is 0 Å². The molecule has 3 N–H and O–H groups in total. The molecule has 0 aromatic heterocycles. The summed E-state index contributed by atoms with van der Waals surface area (Å²) in [5, 5.41) is 11.2. The fourth-order valence-corrected chi connectivity index (χ4v) is 3.61. The molecule has 1 saturated carbocycles. The average Bonchev–Trinajstić information content (AvgIpc) is 2.24. The van der Waals surface area contributed by atoms with Gasteiger partial charge >= 0.3 is 6.09 Å². The summed E-state index contributed by atoms with van der Waals surface area (Å²) < 4.78 is 15.3. The monoisotopic (exact) mass is 316 g/mol. The molecule has 1 amide bonds. The lowest BCUT2D eigenvalue weighted by Crippen LogP contribution is -2.54. The predicted octanol–water partition coefficient (Wildman–Crippen LogP) is 2.81. The Hall–Kier alpha value is -0.720. The first-order valence-electron chi connectivity index (χ1n) is 7.36. The van der Waals surface area contributed by atoms with E-state index in [-0.39, 0.29) is 16.3 Å². The third kappa shape index (κ3) is 5.88. The number of hydrogen-bond donors (Lipinski definition) is 3. The van der Waals surface area contributed by atoms with Crippen LogP contribution in [0.3, 0.4) is 0 Å². The minimum Gasteiger partial charge on any atom is -0.598 e. The molecule has 0 saturated heterocycles. The summed E-state index contributed by atoms with van der Waals surface area (Å²) in [4.78, 5) is 10.6. The van der Waals surface area contributed by atoms with Crippen molar-refractivity contribution in [1.82, 2.24) is 10.0 Å². The SMILES string of the molecule is C=CC[C@@](C)(CC1CC(NC(=O)O)C1)N[S+]([O-])C(C)(C)C. The Morgan fingerprint density at radius 1 is 1.43 bits per heavy atom. The summed E-state index contributed by atoms with van der Waals surface area (Å²) in [5.74, 6) is 0.455. The molecule has 1 aliphatic rings. The van der Waals surface area contributed by atoms with E-state index in [1.165, 1.54) is 0 Å². The maximum atomic E-state index is 12.3. The predicted molar refractivity (Wildman–Crippen MR) is 86.5 cm³/mol. The Balaban J connectivity index is 2.53. The van der Waals surface area contributed by atoms with Crippen molar-refractivity contribution in [2.24, 2.45) is 5.92 Å². The van der Waals surface area contributed by atoms with Gasteiger partial charge in [0.15, 0.2) is 0 Å². The van der Waals surface area contributed by atoms with Gasteiger partial charge in [-0.15, -0.1) is 11.3 Å². The van der Waals surface area contributed by atoms with Crippen molar-refractivity contribution in [3.05, 3.63) is 12.7 Å². The van der Waals surface area contributed by atoms with Crippen LogP contribution in [0.4, 0.5) is 4.79 Å². The molecule has 0 bridgehead atoms. The smallest absolute Gasteiger partial charge is 0.404 e. The van der Waals surface area contributed by atoms with Crippen molar-refractivity contribution in [3.8, 4) is 0 Å². The lowest BCUT2D eigenvalue weighted by atomic mass is 9.73. The van der Waals surface area contributed by atoms with Crippen LogP contribution >= 0.6 is 0 Å². The van der Waals surface area contributed by atoms with E-state index in [1.54, 1.807) is 0 Å². The lowest BCUT2D eigenvalue weighted by molar-refractivity contribution is 0.148. The van der Waals surface area contributed by atoms with Crippen LogP contribution in [0.5, 0.6) is 0 Å². The second kappa shape index (κ2) is 7.03. The van der Waals surface area contributed by atoms with Gasteiger partial charge in [0, 0.05) is 17.4 Å². The molecular formula is C15H28N2O3S. The van der Waals surface area contributed by atoms with Crippen molar-refractivity contribution < 1.29 is 14.5 Å². The Kier molecular flexibility index (Phi) is 6.13. The number of rotatable bonds is 7. The van der Waals surface area contributed by atoms with Gasteiger partial charge in [-0.25, -0.2) is 4.79 Å². The first-order valence-corrected chi connectivity index (χ1v) is 8.51. The van der Waals surface area contributed by atoms with Crippen molar-refractivity contribution >= 4 is 17.5 Å². The molecule has 1 unspecified atom stereocenters. The van der Waals surface area contributed by atoms with Gasteiger partial charge < -0.3 is 15.0 Å². The third-order valence-electron chi connectivity index (χ3n) is 3.79. The highest BCUT2D eigenvalue weighted by atomic mass is 32.2. The molecule has 6 heteroatoms. The second-order valence-corrected chi connectivity index (χ2v) is 9.19. The van der Waals surface area contributed by atoms with E-state index in [2.05, 4.69) is 23.5 Å². The van der Waals surface area contributed by atoms with E-state index in [0.29, 0.717) is 5.92 Å². The first-order chi connectivity index (χ1) is 9.55. The van der Waals surface area contributed by atoms with Gasteiger partial charge in [-0.2, -0.15) is 0 Å². The first kappa shape index (κ1) is 18.3. The van der Waals surface area contributed by atoms with Gasteiger partial charge in [-0.1, -0.05) is 6.08 Å². The van der Waals surface area contributed by atoms with Crippen molar-refractivity contribution in [2.75, 3.05) is 0 Å². The minimum atomic E-state index is -1.13. The van der Waals surface area contributed by atoms with Crippen LogP contribution in [0.1, 0.15) is 53.4 Å². The largest absolute Gasteiger partial charge is 0.598 e. The number of amides is 1. The number of carboxylic acid groups (broad SMARTS) is 1. The molecule has 122 valence electrons. The maximum Gasteiger partial charge on any atom is 0.404 e. The van der Waals surface area contributed by atoms with E-state index < -0.39 is 17.5 Å². The Morgan fingerprint density at radius 2 is 2.00 bits per heavy atom. The fourth-order valence-electron chi connectivity index (χ4n) is 2.69. The van der Waals surface area contributed by atoms with Crippen molar-refractivity contribution in [2.45, 2.75) is 69.7 Å². The van der Waals surface area contributed by atoms with E-state index in [9.17, 15) is 9.35 Å². The van der Waals surface area contributed by atoms with Gasteiger partial charge in [0.05, 0.1) is 5.54 Å². The van der Waals surface area contributed by atoms with Crippen LogP contribution < -0.4 is 10.0 Å². The highest BCUT2D eigenvalue weighted by Crippen LogP contribution is 2.36. The molecule has 1 fully saturated rings. The highest BCUT2D eigenvalue weighted by Gasteiger charge is 2.40. The topological polar surface area (TPSA) is 84.4 Å². The molecule has 0 spiro atoms. The summed E-state index contributed by atoms with van der Waals surface area (Å²) in [6.07, 6.45) is 4.20. The second-order valence-electron chi connectivity index (χ2n) is 7.22. The van der Waals surface area contributed by atoms with Crippen LogP contribution in [-0.2, 0) is 11.4 Å². The number of nitrogens with one attached hydrogen (secondary N) is 2. The minimum absolute atomic E-state index is 0.0635. The molecule has 5 nitrogen and oxygen atoms in total. The van der Waals surface area contributed by atoms with Crippen LogP contribution in [0.15, 0.2) is 12.7 Å². The molecular weight excluding hydrogens is 288 g/mol. The maximum absolute atomic E-state index is 12.3. The highest BCUT2D eigenvalue weighted by molar-refractivity contribution is 7.90. The summed E-state index contributed by atoms with van der Waals surface area (Å²) in [7, 11) is 0. The normalized spacial score (nSPS) is 26.3. The zero-order chi connectivity index (χ0) is 16.3. The van der Waals surface area contributed by atoms with Gasteiger partial charge in [0.2, 0.25) is 0 Å². The molecule has 0 aliphatic heterocycles. The van der Waals surface area contributed by atoms with E-state index in [0.717, 1.165) is 25.7 Å². The third-order valence-corrected chi connectivity index (χ3v) is 5.58. The van der Waals surface area contributed by atoms with Gasteiger partial charge in [0.25, 0.3) is 0 Å². The molecule has 1 aliphatic carbocycles. The Morgan fingerprint density at radius 3 is 2.43 bits per heavy atom. The van der Waals surface area contributed by atoms with Crippen LogP contribution in [0.2, 0.25) is 0 Å². The van der Waals surface area contributed by atoms with Crippen LogP contribution in [0.25, 0.3) is 0 Å².